The standard InChI is InChI=1S/C14H30N2O/c1-5-13(3)16(8-9-17-4)11-14-10-12(2)6-7-15-14/h12-15H,5-11H2,1-4H3. The molecule has 0 amide bonds. The third kappa shape index (κ3) is 5.36. The molecule has 1 aliphatic rings. The van der Waals surface area contributed by atoms with Crippen molar-refractivity contribution in [3.8, 4) is 0 Å². The van der Waals surface area contributed by atoms with E-state index in [-0.39, 0.29) is 0 Å². The summed E-state index contributed by atoms with van der Waals surface area (Å²) in [5.74, 6) is 0.877. The molecular formula is C14H30N2O. The number of rotatable bonds is 7. The Morgan fingerprint density at radius 1 is 1.47 bits per heavy atom. The monoisotopic (exact) mass is 242 g/mol. The van der Waals surface area contributed by atoms with Crippen LogP contribution in [-0.2, 0) is 4.74 Å². The topological polar surface area (TPSA) is 24.5 Å². The second-order valence-electron chi connectivity index (χ2n) is 5.53. The number of piperidine rings is 1. The van der Waals surface area contributed by atoms with Gasteiger partial charge in [0.2, 0.25) is 0 Å². The van der Waals surface area contributed by atoms with Gasteiger partial charge in [0.1, 0.15) is 0 Å². The van der Waals surface area contributed by atoms with Crippen molar-refractivity contribution in [2.75, 3.05) is 33.4 Å². The van der Waals surface area contributed by atoms with Gasteiger partial charge in [0.25, 0.3) is 0 Å². The van der Waals surface area contributed by atoms with Crippen LogP contribution in [-0.4, -0.2) is 50.3 Å². The first kappa shape index (κ1) is 14.9. The number of methoxy groups -OCH3 is 1. The summed E-state index contributed by atoms with van der Waals surface area (Å²) in [4.78, 5) is 2.57. The van der Waals surface area contributed by atoms with Gasteiger partial charge in [-0.1, -0.05) is 13.8 Å². The highest BCUT2D eigenvalue weighted by atomic mass is 16.5. The molecule has 0 saturated carbocycles. The lowest BCUT2D eigenvalue weighted by atomic mass is 9.94. The third-order valence-corrected chi connectivity index (χ3v) is 4.01. The third-order valence-electron chi connectivity index (χ3n) is 4.01. The van der Waals surface area contributed by atoms with E-state index in [1.54, 1.807) is 7.11 Å². The van der Waals surface area contributed by atoms with E-state index in [2.05, 4.69) is 31.0 Å². The summed E-state index contributed by atoms with van der Waals surface area (Å²) in [6.45, 7) is 11.2. The lowest BCUT2D eigenvalue weighted by Gasteiger charge is -2.35. The zero-order chi connectivity index (χ0) is 12.7. The minimum atomic E-state index is 0.657. The van der Waals surface area contributed by atoms with Gasteiger partial charge < -0.3 is 10.1 Å². The van der Waals surface area contributed by atoms with Crippen molar-refractivity contribution < 1.29 is 4.74 Å². The highest BCUT2D eigenvalue weighted by Gasteiger charge is 2.22. The van der Waals surface area contributed by atoms with Crippen molar-refractivity contribution >= 4 is 0 Å². The number of hydrogen-bond acceptors (Lipinski definition) is 3. The molecule has 0 aromatic rings. The Kier molecular flexibility index (Phi) is 7.09. The van der Waals surface area contributed by atoms with Crippen molar-refractivity contribution in [3.05, 3.63) is 0 Å². The van der Waals surface area contributed by atoms with Crippen LogP contribution >= 0.6 is 0 Å². The van der Waals surface area contributed by atoms with E-state index in [0.29, 0.717) is 12.1 Å². The second kappa shape index (κ2) is 8.06. The van der Waals surface area contributed by atoms with Gasteiger partial charge in [0.15, 0.2) is 0 Å². The average Bonchev–Trinajstić information content (AvgIpc) is 2.33. The first-order valence-electron chi connectivity index (χ1n) is 7.13. The molecule has 0 bridgehead atoms. The van der Waals surface area contributed by atoms with Crippen LogP contribution in [0.15, 0.2) is 0 Å². The van der Waals surface area contributed by atoms with E-state index < -0.39 is 0 Å². The number of nitrogens with zero attached hydrogens (tertiary/aromatic N) is 1. The Morgan fingerprint density at radius 3 is 2.82 bits per heavy atom. The van der Waals surface area contributed by atoms with Crippen LogP contribution in [0.25, 0.3) is 0 Å². The average molecular weight is 242 g/mol. The van der Waals surface area contributed by atoms with Gasteiger partial charge >= 0.3 is 0 Å². The van der Waals surface area contributed by atoms with Gasteiger partial charge in [0.05, 0.1) is 6.61 Å². The van der Waals surface area contributed by atoms with E-state index in [9.17, 15) is 0 Å². The van der Waals surface area contributed by atoms with E-state index in [1.807, 2.05) is 0 Å². The van der Waals surface area contributed by atoms with Gasteiger partial charge in [0, 0.05) is 32.3 Å². The summed E-state index contributed by atoms with van der Waals surface area (Å²) in [5, 5.41) is 3.65. The molecule has 3 nitrogen and oxygen atoms in total. The molecule has 0 radical (unpaired) electrons. The summed E-state index contributed by atoms with van der Waals surface area (Å²) >= 11 is 0. The molecule has 3 heteroatoms. The van der Waals surface area contributed by atoms with Crippen molar-refractivity contribution in [1.29, 1.82) is 0 Å². The van der Waals surface area contributed by atoms with Gasteiger partial charge in [-0.25, -0.2) is 0 Å². The Bertz CT molecular complexity index is 199. The zero-order valence-electron chi connectivity index (χ0n) is 12.0. The minimum absolute atomic E-state index is 0.657. The van der Waals surface area contributed by atoms with Crippen molar-refractivity contribution in [2.45, 2.75) is 52.1 Å². The maximum Gasteiger partial charge on any atom is 0.0589 e. The van der Waals surface area contributed by atoms with Gasteiger partial charge in [-0.15, -0.1) is 0 Å². The van der Waals surface area contributed by atoms with Crippen LogP contribution in [0.3, 0.4) is 0 Å². The fourth-order valence-corrected chi connectivity index (χ4v) is 2.60. The minimum Gasteiger partial charge on any atom is -0.383 e. The number of nitrogens with one attached hydrogen (secondary N) is 1. The molecule has 1 heterocycles. The Morgan fingerprint density at radius 2 is 2.24 bits per heavy atom. The van der Waals surface area contributed by atoms with Crippen molar-refractivity contribution in [3.63, 3.8) is 0 Å². The van der Waals surface area contributed by atoms with Gasteiger partial charge in [-0.2, -0.15) is 0 Å². The Labute approximate surface area is 107 Å². The lowest BCUT2D eigenvalue weighted by molar-refractivity contribution is 0.107. The maximum absolute atomic E-state index is 5.22. The predicted molar refractivity (Wildman–Crippen MR) is 73.4 cm³/mol. The van der Waals surface area contributed by atoms with Crippen molar-refractivity contribution in [2.24, 2.45) is 5.92 Å². The Balaban J connectivity index is 2.40. The SMILES string of the molecule is CCC(C)N(CCOC)CC1CC(C)CCN1. The molecule has 1 aliphatic heterocycles. The molecule has 1 rings (SSSR count). The number of hydrogen-bond donors (Lipinski definition) is 1. The lowest BCUT2D eigenvalue weighted by Crippen LogP contribution is -2.48. The predicted octanol–water partition coefficient (Wildman–Crippen LogP) is 2.12. The molecule has 3 unspecified atom stereocenters. The summed E-state index contributed by atoms with van der Waals surface area (Å²) in [6.07, 6.45) is 3.86. The van der Waals surface area contributed by atoms with Gasteiger partial charge in [-0.05, 0) is 38.6 Å². The van der Waals surface area contributed by atoms with Gasteiger partial charge in [-0.3, -0.25) is 4.90 Å². The molecule has 0 spiro atoms. The first-order chi connectivity index (χ1) is 8.17. The molecular weight excluding hydrogens is 212 g/mol. The van der Waals surface area contributed by atoms with Crippen molar-refractivity contribution in [1.82, 2.24) is 10.2 Å². The largest absolute Gasteiger partial charge is 0.383 e. The molecule has 102 valence electrons. The normalized spacial score (nSPS) is 27.4. The maximum atomic E-state index is 5.22. The Hall–Kier alpha value is -0.120. The highest BCUT2D eigenvalue weighted by Crippen LogP contribution is 2.17. The quantitative estimate of drug-likeness (QED) is 0.740. The van der Waals surface area contributed by atoms with Crippen LogP contribution in [0.2, 0.25) is 0 Å². The fourth-order valence-electron chi connectivity index (χ4n) is 2.60. The molecule has 0 aromatic heterocycles. The molecule has 1 N–H and O–H groups in total. The summed E-state index contributed by atoms with van der Waals surface area (Å²) in [7, 11) is 1.79. The van der Waals surface area contributed by atoms with E-state index in [4.69, 9.17) is 4.74 Å². The second-order valence-corrected chi connectivity index (χ2v) is 5.53. The highest BCUT2D eigenvalue weighted by molar-refractivity contribution is 4.81. The van der Waals surface area contributed by atoms with Crippen LogP contribution in [0.4, 0.5) is 0 Å². The molecule has 3 atom stereocenters. The van der Waals surface area contributed by atoms with E-state index >= 15 is 0 Å². The molecule has 0 aliphatic carbocycles. The van der Waals surface area contributed by atoms with Crippen LogP contribution in [0.1, 0.15) is 40.0 Å². The zero-order valence-corrected chi connectivity index (χ0v) is 12.0. The summed E-state index contributed by atoms with van der Waals surface area (Å²) in [6, 6.07) is 1.33. The molecule has 17 heavy (non-hydrogen) atoms. The van der Waals surface area contributed by atoms with Crippen LogP contribution in [0.5, 0.6) is 0 Å². The summed E-state index contributed by atoms with van der Waals surface area (Å²) < 4.78 is 5.22. The molecule has 1 saturated heterocycles. The van der Waals surface area contributed by atoms with Crippen LogP contribution in [0, 0.1) is 5.92 Å². The first-order valence-corrected chi connectivity index (χ1v) is 7.13. The number of ether oxygens (including phenoxy) is 1. The fraction of sp³-hybridized carbons (Fsp3) is 1.00. The summed E-state index contributed by atoms with van der Waals surface area (Å²) in [5.41, 5.74) is 0. The molecule has 1 fully saturated rings. The van der Waals surface area contributed by atoms with E-state index in [1.165, 1.54) is 32.4 Å². The smallest absolute Gasteiger partial charge is 0.0589 e. The van der Waals surface area contributed by atoms with E-state index in [0.717, 1.165) is 19.1 Å². The molecule has 0 aromatic carbocycles. The van der Waals surface area contributed by atoms with Crippen LogP contribution < -0.4 is 5.32 Å².